The Morgan fingerprint density at radius 1 is 1.20 bits per heavy atom. The number of carbonyl (C=O) groups excluding carboxylic acids is 1. The average Bonchev–Trinajstić information content (AvgIpc) is 3.24. The summed E-state index contributed by atoms with van der Waals surface area (Å²) in [6.07, 6.45) is 12.7. The molecule has 1 heteroatoms. The first-order valence-electron chi connectivity index (χ1n) is 9.99. The summed E-state index contributed by atoms with van der Waals surface area (Å²) in [5.74, 6) is 1.58. The van der Waals surface area contributed by atoms with Crippen molar-refractivity contribution in [2.45, 2.75) is 51.9 Å². The number of fused-ring (bicyclic) bond motifs is 5. The summed E-state index contributed by atoms with van der Waals surface area (Å²) in [7, 11) is 0. The lowest BCUT2D eigenvalue weighted by atomic mass is 9.63. The van der Waals surface area contributed by atoms with Crippen LogP contribution in [0.5, 0.6) is 0 Å². The third kappa shape index (κ3) is 2.18. The Balaban J connectivity index is 1.59. The minimum absolute atomic E-state index is 0.0834. The predicted molar refractivity (Wildman–Crippen MR) is 103 cm³/mol. The highest BCUT2D eigenvalue weighted by atomic mass is 16.1. The molecule has 0 heterocycles. The highest BCUT2D eigenvalue weighted by Gasteiger charge is 2.54. The van der Waals surface area contributed by atoms with Crippen molar-refractivity contribution in [3.05, 3.63) is 59.2 Å². The van der Waals surface area contributed by atoms with Crippen LogP contribution in [-0.4, -0.2) is 5.78 Å². The van der Waals surface area contributed by atoms with Gasteiger partial charge in [0.2, 0.25) is 0 Å². The zero-order chi connectivity index (χ0) is 17.0. The number of allylic oxidation sites excluding steroid dienone is 2. The van der Waals surface area contributed by atoms with Gasteiger partial charge in [-0.2, -0.15) is 0 Å². The van der Waals surface area contributed by atoms with Gasteiger partial charge < -0.3 is 0 Å². The quantitative estimate of drug-likeness (QED) is 0.641. The summed E-state index contributed by atoms with van der Waals surface area (Å²) in [4.78, 5) is 13.5. The van der Waals surface area contributed by atoms with Crippen molar-refractivity contribution < 1.29 is 4.79 Å². The lowest BCUT2D eigenvalue weighted by Gasteiger charge is -2.38. The van der Waals surface area contributed by atoms with Gasteiger partial charge in [0.15, 0.2) is 5.78 Å². The number of ketones is 1. The molecule has 128 valence electrons. The summed E-state index contributed by atoms with van der Waals surface area (Å²) in [5, 5.41) is 2.61. The second-order valence-corrected chi connectivity index (χ2v) is 8.43. The Kier molecular flexibility index (Phi) is 3.42. The first kappa shape index (κ1) is 15.4. The fourth-order valence-electron chi connectivity index (χ4n) is 5.68. The van der Waals surface area contributed by atoms with E-state index < -0.39 is 0 Å². The van der Waals surface area contributed by atoms with Crippen LogP contribution in [0.3, 0.4) is 0 Å². The molecular weight excluding hydrogens is 304 g/mol. The molecule has 3 aliphatic rings. The molecule has 5 rings (SSSR count). The third-order valence-electron chi connectivity index (χ3n) is 7.04. The maximum absolute atomic E-state index is 13.5. The van der Waals surface area contributed by atoms with E-state index in [1.54, 1.807) is 0 Å². The fraction of sp³-hybridized carbons (Fsp3) is 0.458. The first-order valence-corrected chi connectivity index (χ1v) is 9.99. The van der Waals surface area contributed by atoms with Gasteiger partial charge in [0.1, 0.15) is 0 Å². The molecule has 25 heavy (non-hydrogen) atoms. The topological polar surface area (TPSA) is 17.1 Å². The Labute approximate surface area is 150 Å². The Bertz CT molecular complexity index is 890. The molecule has 0 radical (unpaired) electrons. The van der Waals surface area contributed by atoms with Crippen molar-refractivity contribution in [2.24, 2.45) is 17.3 Å². The summed E-state index contributed by atoms with van der Waals surface area (Å²) in [5.41, 5.74) is 3.67. The van der Waals surface area contributed by atoms with E-state index in [4.69, 9.17) is 0 Å². The fourth-order valence-corrected chi connectivity index (χ4v) is 5.68. The molecule has 3 aliphatic carbocycles. The highest BCUT2D eigenvalue weighted by Crippen LogP contribution is 2.57. The van der Waals surface area contributed by atoms with E-state index in [9.17, 15) is 4.79 Å². The minimum Gasteiger partial charge on any atom is -0.294 e. The highest BCUT2D eigenvalue weighted by molar-refractivity contribution is 6.06. The van der Waals surface area contributed by atoms with Crippen LogP contribution in [0.1, 0.15) is 60.5 Å². The molecule has 2 aromatic rings. The molecule has 0 N–H and O–H groups in total. The van der Waals surface area contributed by atoms with Crippen LogP contribution < -0.4 is 0 Å². The monoisotopic (exact) mass is 330 g/mol. The molecular formula is C24H26O. The molecule has 3 atom stereocenters. The molecule has 1 spiro atoms. The molecule has 0 amide bonds. The minimum atomic E-state index is -0.0834. The van der Waals surface area contributed by atoms with Crippen molar-refractivity contribution in [1.29, 1.82) is 0 Å². The smallest absolute Gasteiger partial charge is 0.169 e. The summed E-state index contributed by atoms with van der Waals surface area (Å²) in [6.45, 7) is 2.24. The van der Waals surface area contributed by atoms with E-state index in [0.717, 1.165) is 31.2 Å². The van der Waals surface area contributed by atoms with Crippen LogP contribution in [0.25, 0.3) is 10.8 Å². The van der Waals surface area contributed by atoms with E-state index in [1.807, 2.05) is 0 Å². The molecule has 1 saturated carbocycles. The Hall–Kier alpha value is -1.89. The summed E-state index contributed by atoms with van der Waals surface area (Å²) < 4.78 is 0. The number of rotatable bonds is 3. The third-order valence-corrected chi connectivity index (χ3v) is 7.04. The standard InChI is InChI=1S/C24H26O/c1-2-3-5-17-6-4-7-18-14-22-19(13-21(17)18)10-11-24(23(22)25)15-16-8-9-20(24)12-16/h4,6-9,13-14,16,20H,2-3,5,10-12,15H2,1H3. The van der Waals surface area contributed by atoms with Crippen LogP contribution in [0.15, 0.2) is 42.5 Å². The van der Waals surface area contributed by atoms with Crippen molar-refractivity contribution in [3.8, 4) is 0 Å². The van der Waals surface area contributed by atoms with Gasteiger partial charge in [0.25, 0.3) is 0 Å². The molecule has 0 saturated heterocycles. The number of benzene rings is 2. The van der Waals surface area contributed by atoms with Crippen LogP contribution in [0.2, 0.25) is 0 Å². The molecule has 0 aliphatic heterocycles. The van der Waals surface area contributed by atoms with E-state index in [1.165, 1.54) is 41.2 Å². The molecule has 1 fully saturated rings. The average molecular weight is 330 g/mol. The van der Waals surface area contributed by atoms with Crippen LogP contribution in [-0.2, 0) is 12.8 Å². The number of hydrogen-bond donors (Lipinski definition) is 0. The number of carbonyl (C=O) groups is 1. The molecule has 2 aromatic carbocycles. The first-order chi connectivity index (χ1) is 12.2. The summed E-state index contributed by atoms with van der Waals surface area (Å²) >= 11 is 0. The van der Waals surface area contributed by atoms with Gasteiger partial charge in [-0.3, -0.25) is 4.79 Å². The van der Waals surface area contributed by atoms with Gasteiger partial charge in [-0.1, -0.05) is 49.8 Å². The lowest BCUT2D eigenvalue weighted by molar-refractivity contribution is 0.0703. The van der Waals surface area contributed by atoms with Gasteiger partial charge in [-0.05, 0) is 78.3 Å². The zero-order valence-corrected chi connectivity index (χ0v) is 15.1. The Morgan fingerprint density at radius 3 is 2.88 bits per heavy atom. The van der Waals surface area contributed by atoms with E-state index in [-0.39, 0.29) is 5.41 Å². The van der Waals surface area contributed by atoms with E-state index >= 15 is 0 Å². The van der Waals surface area contributed by atoms with Crippen molar-refractivity contribution in [2.75, 3.05) is 0 Å². The maximum Gasteiger partial charge on any atom is 0.169 e. The van der Waals surface area contributed by atoms with Gasteiger partial charge >= 0.3 is 0 Å². The number of unbranched alkanes of at least 4 members (excludes halogenated alkanes) is 1. The van der Waals surface area contributed by atoms with Crippen molar-refractivity contribution in [3.63, 3.8) is 0 Å². The molecule has 2 bridgehead atoms. The van der Waals surface area contributed by atoms with Gasteiger partial charge in [0.05, 0.1) is 0 Å². The zero-order valence-electron chi connectivity index (χ0n) is 15.1. The molecule has 3 unspecified atom stereocenters. The maximum atomic E-state index is 13.5. The van der Waals surface area contributed by atoms with Crippen molar-refractivity contribution in [1.82, 2.24) is 0 Å². The van der Waals surface area contributed by atoms with Gasteiger partial charge in [-0.15, -0.1) is 0 Å². The number of hydrogen-bond acceptors (Lipinski definition) is 1. The van der Waals surface area contributed by atoms with Crippen LogP contribution in [0.4, 0.5) is 0 Å². The predicted octanol–water partition coefficient (Wildman–Crippen LogP) is 5.89. The van der Waals surface area contributed by atoms with E-state index in [2.05, 4.69) is 49.4 Å². The number of aryl methyl sites for hydroxylation is 2. The van der Waals surface area contributed by atoms with Crippen LogP contribution in [0, 0.1) is 17.3 Å². The lowest BCUT2D eigenvalue weighted by Crippen LogP contribution is -2.39. The second-order valence-electron chi connectivity index (χ2n) is 8.43. The largest absolute Gasteiger partial charge is 0.294 e. The molecule has 0 aromatic heterocycles. The number of Topliss-reactive ketones (excluding diaryl/α,β-unsaturated/α-hetero) is 1. The normalized spacial score (nSPS) is 29.7. The Morgan fingerprint density at radius 2 is 2.12 bits per heavy atom. The van der Waals surface area contributed by atoms with E-state index in [0.29, 0.717) is 17.6 Å². The van der Waals surface area contributed by atoms with Crippen LogP contribution >= 0.6 is 0 Å². The summed E-state index contributed by atoms with van der Waals surface area (Å²) in [6, 6.07) is 11.1. The SMILES string of the molecule is CCCCc1cccc2cc3c(cc12)CCC1(CC2C=CC1C2)C3=O. The van der Waals surface area contributed by atoms with Gasteiger partial charge in [0, 0.05) is 11.0 Å². The second kappa shape index (κ2) is 5.56. The van der Waals surface area contributed by atoms with Crippen molar-refractivity contribution >= 4 is 16.6 Å². The molecule has 1 nitrogen and oxygen atoms in total. The van der Waals surface area contributed by atoms with Gasteiger partial charge in [-0.25, -0.2) is 0 Å².